The number of aryl methyl sites for hydroxylation is 2. The molecule has 3 aromatic rings. The number of carbonyl (C=O) groups excluding carboxylic acids is 2. The Kier molecular flexibility index (Phi) is 6.49. The maximum absolute atomic E-state index is 12.2. The second-order valence-corrected chi connectivity index (χ2v) is 7.51. The fourth-order valence-electron chi connectivity index (χ4n) is 2.54. The molecule has 0 saturated heterocycles. The maximum Gasteiger partial charge on any atom is 0.348 e. The van der Waals surface area contributed by atoms with Crippen molar-refractivity contribution >= 4 is 39.8 Å². The van der Waals surface area contributed by atoms with Gasteiger partial charge in [-0.3, -0.25) is 4.79 Å². The van der Waals surface area contributed by atoms with Crippen molar-refractivity contribution in [1.82, 2.24) is 4.98 Å². The number of benzene rings is 1. The molecule has 146 valence electrons. The molecule has 1 N–H and O–H groups in total. The van der Waals surface area contributed by atoms with E-state index < -0.39 is 0 Å². The Hall–Kier alpha value is -2.64. The zero-order valence-electron chi connectivity index (χ0n) is 15.5. The van der Waals surface area contributed by atoms with Crippen LogP contribution in [0.3, 0.4) is 0 Å². The maximum atomic E-state index is 12.2. The van der Waals surface area contributed by atoms with Crippen molar-refractivity contribution in [3.63, 3.8) is 0 Å². The zero-order chi connectivity index (χ0) is 20.1. The van der Waals surface area contributed by atoms with Crippen molar-refractivity contribution in [3.8, 4) is 11.3 Å². The van der Waals surface area contributed by atoms with E-state index in [0.29, 0.717) is 39.6 Å². The first-order valence-electron chi connectivity index (χ1n) is 8.74. The van der Waals surface area contributed by atoms with Crippen molar-refractivity contribution < 1.29 is 18.7 Å². The van der Waals surface area contributed by atoms with Crippen LogP contribution in [0.2, 0.25) is 5.02 Å². The van der Waals surface area contributed by atoms with Crippen LogP contribution in [0.25, 0.3) is 11.3 Å². The van der Waals surface area contributed by atoms with Gasteiger partial charge in [-0.1, -0.05) is 11.6 Å². The van der Waals surface area contributed by atoms with Gasteiger partial charge in [0.1, 0.15) is 4.88 Å². The molecule has 0 aliphatic rings. The fourth-order valence-corrected chi connectivity index (χ4v) is 3.65. The van der Waals surface area contributed by atoms with Crippen LogP contribution in [0, 0.1) is 6.92 Å². The summed E-state index contributed by atoms with van der Waals surface area (Å²) in [5.74, 6) is 0.553. The topological polar surface area (TPSA) is 81.4 Å². The molecule has 8 heteroatoms. The fraction of sp³-hybridized carbons (Fsp3) is 0.250. The van der Waals surface area contributed by atoms with Crippen LogP contribution < -0.4 is 5.32 Å². The van der Waals surface area contributed by atoms with Gasteiger partial charge < -0.3 is 14.5 Å². The van der Waals surface area contributed by atoms with Gasteiger partial charge in [-0.05, 0) is 49.7 Å². The van der Waals surface area contributed by atoms with E-state index >= 15 is 0 Å². The summed E-state index contributed by atoms with van der Waals surface area (Å²) in [6, 6.07) is 9.01. The first-order valence-corrected chi connectivity index (χ1v) is 9.93. The molecule has 3 rings (SSSR count). The molecule has 6 nitrogen and oxygen atoms in total. The van der Waals surface area contributed by atoms with Gasteiger partial charge in [-0.2, -0.15) is 0 Å². The lowest BCUT2D eigenvalue weighted by Crippen LogP contribution is -2.11. The average molecular weight is 419 g/mol. The van der Waals surface area contributed by atoms with Crippen LogP contribution >= 0.6 is 22.9 Å². The number of ether oxygens (including phenoxy) is 1. The number of amides is 1. The molecule has 0 atom stereocenters. The molecule has 2 heterocycles. The third-order valence-electron chi connectivity index (χ3n) is 3.89. The third-order valence-corrected chi connectivity index (χ3v) is 5.27. The second kappa shape index (κ2) is 9.03. The van der Waals surface area contributed by atoms with Crippen LogP contribution in [-0.2, 0) is 16.0 Å². The largest absolute Gasteiger partial charge is 0.462 e. The lowest BCUT2D eigenvalue weighted by molar-refractivity contribution is -0.116. The number of aromatic nitrogens is 1. The molecule has 0 spiro atoms. The Morgan fingerprint density at radius 3 is 2.75 bits per heavy atom. The molecule has 1 amide bonds. The lowest BCUT2D eigenvalue weighted by atomic mass is 10.2. The average Bonchev–Trinajstić information content (AvgIpc) is 3.27. The Bertz CT molecular complexity index is 979. The minimum absolute atomic E-state index is 0.178. The van der Waals surface area contributed by atoms with E-state index in [1.165, 1.54) is 11.3 Å². The van der Waals surface area contributed by atoms with E-state index in [1.807, 2.05) is 19.1 Å². The summed E-state index contributed by atoms with van der Waals surface area (Å²) >= 11 is 7.09. The van der Waals surface area contributed by atoms with Gasteiger partial charge in [-0.15, -0.1) is 11.3 Å². The van der Waals surface area contributed by atoms with E-state index in [2.05, 4.69) is 10.3 Å². The third kappa shape index (κ3) is 4.99. The quantitative estimate of drug-likeness (QED) is 0.539. The number of anilines is 1. The standard InChI is InChI=1S/C20H19ClN2O4S/c1-3-26-20(25)19-12(2)10-18(28-19)23-16(24)8-9-17-22-11-15(27-17)13-4-6-14(21)7-5-13/h4-7,10-11H,3,8-9H2,1-2H3,(H,23,24). The monoisotopic (exact) mass is 418 g/mol. The normalized spacial score (nSPS) is 10.7. The molecule has 0 bridgehead atoms. The Morgan fingerprint density at radius 2 is 2.04 bits per heavy atom. The zero-order valence-corrected chi connectivity index (χ0v) is 17.0. The predicted molar refractivity (Wildman–Crippen MR) is 109 cm³/mol. The Labute approximate surface area is 171 Å². The first-order chi connectivity index (χ1) is 13.5. The molecule has 0 radical (unpaired) electrons. The van der Waals surface area contributed by atoms with Crippen LogP contribution in [-0.4, -0.2) is 23.5 Å². The minimum atomic E-state index is -0.375. The number of halogens is 1. The van der Waals surface area contributed by atoms with Gasteiger partial charge in [-0.25, -0.2) is 9.78 Å². The molecule has 28 heavy (non-hydrogen) atoms. The van der Waals surface area contributed by atoms with Gasteiger partial charge in [0.15, 0.2) is 11.7 Å². The molecule has 1 aromatic carbocycles. The molecular formula is C20H19ClN2O4S. The van der Waals surface area contributed by atoms with Gasteiger partial charge in [0, 0.05) is 23.4 Å². The minimum Gasteiger partial charge on any atom is -0.462 e. The molecule has 0 fully saturated rings. The molecule has 0 aliphatic carbocycles. The first kappa shape index (κ1) is 20.1. The predicted octanol–water partition coefficient (Wildman–Crippen LogP) is 5.11. The number of nitrogens with one attached hydrogen (secondary N) is 1. The van der Waals surface area contributed by atoms with Gasteiger partial charge in [0.2, 0.25) is 5.91 Å². The van der Waals surface area contributed by atoms with E-state index in [1.54, 1.807) is 31.3 Å². The summed E-state index contributed by atoms with van der Waals surface area (Å²) in [6.07, 6.45) is 2.21. The highest BCUT2D eigenvalue weighted by Crippen LogP contribution is 2.28. The Morgan fingerprint density at radius 1 is 1.29 bits per heavy atom. The number of esters is 1. The number of thiophene rings is 1. The summed E-state index contributed by atoms with van der Waals surface area (Å²) < 4.78 is 10.7. The molecule has 0 saturated carbocycles. The number of nitrogens with zero attached hydrogens (tertiary/aromatic N) is 1. The number of carbonyl (C=O) groups is 2. The number of oxazole rings is 1. The highest BCUT2D eigenvalue weighted by molar-refractivity contribution is 7.18. The molecule has 2 aromatic heterocycles. The summed E-state index contributed by atoms with van der Waals surface area (Å²) in [7, 11) is 0. The Balaban J connectivity index is 1.56. The van der Waals surface area contributed by atoms with Crippen molar-refractivity contribution in [2.24, 2.45) is 0 Å². The van der Waals surface area contributed by atoms with Crippen LogP contribution in [0.1, 0.15) is 34.5 Å². The summed E-state index contributed by atoms with van der Waals surface area (Å²) in [5, 5.41) is 4.06. The molecule has 0 aliphatic heterocycles. The highest BCUT2D eigenvalue weighted by Gasteiger charge is 2.16. The summed E-state index contributed by atoms with van der Waals surface area (Å²) in [5.41, 5.74) is 1.65. The van der Waals surface area contributed by atoms with Crippen LogP contribution in [0.5, 0.6) is 0 Å². The van der Waals surface area contributed by atoms with E-state index in [-0.39, 0.29) is 18.3 Å². The van der Waals surface area contributed by atoms with Gasteiger partial charge in [0.05, 0.1) is 17.8 Å². The highest BCUT2D eigenvalue weighted by atomic mass is 35.5. The van der Waals surface area contributed by atoms with Crippen LogP contribution in [0.4, 0.5) is 5.00 Å². The van der Waals surface area contributed by atoms with E-state index in [9.17, 15) is 9.59 Å². The SMILES string of the molecule is CCOC(=O)c1sc(NC(=O)CCc2ncc(-c3ccc(Cl)cc3)o2)cc1C. The second-order valence-electron chi connectivity index (χ2n) is 6.02. The van der Waals surface area contributed by atoms with Crippen LogP contribution in [0.15, 0.2) is 40.9 Å². The van der Waals surface area contributed by atoms with Crippen molar-refractivity contribution in [3.05, 3.63) is 57.9 Å². The van der Waals surface area contributed by atoms with Crippen molar-refractivity contribution in [2.75, 3.05) is 11.9 Å². The summed E-state index contributed by atoms with van der Waals surface area (Å²) in [6.45, 7) is 3.88. The molecule has 0 unspecified atom stereocenters. The van der Waals surface area contributed by atoms with E-state index in [4.69, 9.17) is 20.8 Å². The van der Waals surface area contributed by atoms with Gasteiger partial charge in [0.25, 0.3) is 0 Å². The van der Waals surface area contributed by atoms with Gasteiger partial charge >= 0.3 is 5.97 Å². The number of hydrogen-bond donors (Lipinski definition) is 1. The lowest BCUT2D eigenvalue weighted by Gasteiger charge is -2.01. The van der Waals surface area contributed by atoms with Crippen molar-refractivity contribution in [1.29, 1.82) is 0 Å². The smallest absolute Gasteiger partial charge is 0.348 e. The van der Waals surface area contributed by atoms with Crippen molar-refractivity contribution in [2.45, 2.75) is 26.7 Å². The van der Waals surface area contributed by atoms with E-state index in [0.717, 1.165) is 11.1 Å². The molecular weight excluding hydrogens is 400 g/mol. The summed E-state index contributed by atoms with van der Waals surface area (Å²) in [4.78, 5) is 28.8. The number of rotatable bonds is 7. The number of hydrogen-bond acceptors (Lipinski definition) is 6.